The molecule has 0 spiro atoms. The number of carbonyl (C=O) groups is 1. The van der Waals surface area contributed by atoms with Crippen LogP contribution in [0.25, 0.3) is 0 Å². The summed E-state index contributed by atoms with van der Waals surface area (Å²) in [4.78, 5) is 12.0. The number of benzene rings is 1. The lowest BCUT2D eigenvalue weighted by atomic mass is 10.2. The Morgan fingerprint density at radius 1 is 1.38 bits per heavy atom. The number of aliphatic hydroxyl groups excluding tert-OH is 1. The molecule has 0 saturated carbocycles. The van der Waals surface area contributed by atoms with Crippen molar-refractivity contribution in [2.45, 2.75) is 39.5 Å². The molecule has 21 heavy (non-hydrogen) atoms. The SMILES string of the molecule is Cc1c(C(=O)OCc2ccccc2)nnn1CCC(C)O. The lowest BCUT2D eigenvalue weighted by Gasteiger charge is -2.06. The van der Waals surface area contributed by atoms with Crippen molar-refractivity contribution in [2.75, 3.05) is 0 Å². The van der Waals surface area contributed by atoms with E-state index in [0.29, 0.717) is 18.7 Å². The minimum atomic E-state index is -0.486. The van der Waals surface area contributed by atoms with E-state index in [4.69, 9.17) is 4.74 Å². The molecule has 0 aliphatic carbocycles. The molecule has 1 atom stereocenters. The topological polar surface area (TPSA) is 77.2 Å². The molecule has 0 radical (unpaired) electrons. The van der Waals surface area contributed by atoms with E-state index in [1.54, 1.807) is 18.5 Å². The smallest absolute Gasteiger partial charge is 0.361 e. The number of nitrogens with zero attached hydrogens (tertiary/aromatic N) is 3. The molecule has 1 aromatic carbocycles. The van der Waals surface area contributed by atoms with Gasteiger partial charge in [-0.3, -0.25) is 0 Å². The zero-order valence-electron chi connectivity index (χ0n) is 12.2. The van der Waals surface area contributed by atoms with Gasteiger partial charge < -0.3 is 9.84 Å². The maximum atomic E-state index is 12.0. The van der Waals surface area contributed by atoms with Crippen molar-refractivity contribution >= 4 is 5.97 Å². The molecule has 1 aromatic heterocycles. The summed E-state index contributed by atoms with van der Waals surface area (Å²) in [5.74, 6) is -0.486. The quantitative estimate of drug-likeness (QED) is 0.819. The van der Waals surface area contributed by atoms with Crippen molar-refractivity contribution in [3.63, 3.8) is 0 Å². The molecule has 2 aromatic rings. The molecule has 0 amide bonds. The predicted molar refractivity (Wildman–Crippen MR) is 76.6 cm³/mol. The number of aryl methyl sites for hydroxylation is 1. The standard InChI is InChI=1S/C15H19N3O3/c1-11(19)8-9-18-12(2)14(16-17-18)15(20)21-10-13-6-4-3-5-7-13/h3-7,11,19H,8-10H2,1-2H3. The molecule has 0 aliphatic heterocycles. The molecular formula is C15H19N3O3. The van der Waals surface area contributed by atoms with Gasteiger partial charge in [0.1, 0.15) is 6.61 Å². The third-order valence-electron chi connectivity index (χ3n) is 3.15. The maximum absolute atomic E-state index is 12.0. The molecule has 0 fully saturated rings. The highest BCUT2D eigenvalue weighted by atomic mass is 16.5. The average molecular weight is 289 g/mol. The summed E-state index contributed by atoms with van der Waals surface area (Å²) in [6.45, 7) is 4.20. The monoisotopic (exact) mass is 289 g/mol. The highest BCUT2D eigenvalue weighted by molar-refractivity contribution is 5.88. The van der Waals surface area contributed by atoms with Crippen molar-refractivity contribution in [3.05, 3.63) is 47.3 Å². The third-order valence-corrected chi connectivity index (χ3v) is 3.15. The summed E-state index contributed by atoms with van der Waals surface area (Å²) in [5, 5.41) is 17.1. The van der Waals surface area contributed by atoms with Crippen LogP contribution in [0.15, 0.2) is 30.3 Å². The predicted octanol–water partition coefficient (Wildman–Crippen LogP) is 1.71. The fraction of sp³-hybridized carbons (Fsp3) is 0.400. The highest BCUT2D eigenvalue weighted by Crippen LogP contribution is 2.09. The average Bonchev–Trinajstić information content (AvgIpc) is 2.85. The van der Waals surface area contributed by atoms with E-state index in [9.17, 15) is 9.90 Å². The molecule has 1 heterocycles. The Labute approximate surface area is 123 Å². The molecule has 0 saturated heterocycles. The molecular weight excluding hydrogens is 270 g/mol. The second kappa shape index (κ2) is 6.99. The Kier molecular flexibility index (Phi) is 5.05. The van der Waals surface area contributed by atoms with Crippen molar-refractivity contribution < 1.29 is 14.6 Å². The van der Waals surface area contributed by atoms with Crippen molar-refractivity contribution in [1.82, 2.24) is 15.0 Å². The number of rotatable bonds is 6. The van der Waals surface area contributed by atoms with Gasteiger partial charge in [-0.05, 0) is 25.8 Å². The van der Waals surface area contributed by atoms with Gasteiger partial charge in [-0.2, -0.15) is 0 Å². The van der Waals surface area contributed by atoms with Gasteiger partial charge in [0, 0.05) is 6.54 Å². The fourth-order valence-corrected chi connectivity index (χ4v) is 1.86. The minimum absolute atomic E-state index is 0.208. The van der Waals surface area contributed by atoms with Crippen molar-refractivity contribution in [2.24, 2.45) is 0 Å². The van der Waals surface area contributed by atoms with Crippen molar-refractivity contribution in [1.29, 1.82) is 0 Å². The second-order valence-electron chi connectivity index (χ2n) is 4.95. The Morgan fingerprint density at radius 2 is 2.10 bits per heavy atom. The lowest BCUT2D eigenvalue weighted by Crippen LogP contribution is -2.11. The number of hydrogen-bond donors (Lipinski definition) is 1. The van der Waals surface area contributed by atoms with Gasteiger partial charge in [0.2, 0.25) is 0 Å². The van der Waals surface area contributed by atoms with Crippen LogP contribution in [-0.4, -0.2) is 32.2 Å². The number of ether oxygens (including phenoxy) is 1. The number of esters is 1. The van der Waals surface area contributed by atoms with Gasteiger partial charge in [-0.15, -0.1) is 5.10 Å². The molecule has 1 N–H and O–H groups in total. The molecule has 6 nitrogen and oxygen atoms in total. The molecule has 2 rings (SSSR count). The van der Waals surface area contributed by atoms with Gasteiger partial charge in [0.05, 0.1) is 11.8 Å². The second-order valence-corrected chi connectivity index (χ2v) is 4.95. The van der Waals surface area contributed by atoms with Gasteiger partial charge in [-0.25, -0.2) is 9.48 Å². The number of aliphatic hydroxyl groups is 1. The van der Waals surface area contributed by atoms with Crippen LogP contribution < -0.4 is 0 Å². The van der Waals surface area contributed by atoms with Crippen LogP contribution in [-0.2, 0) is 17.9 Å². The molecule has 0 bridgehead atoms. The lowest BCUT2D eigenvalue weighted by molar-refractivity contribution is 0.0464. The van der Waals surface area contributed by atoms with Gasteiger partial charge in [-0.1, -0.05) is 35.5 Å². The summed E-state index contributed by atoms with van der Waals surface area (Å²) in [5.41, 5.74) is 1.79. The van der Waals surface area contributed by atoms with Gasteiger partial charge in [0.15, 0.2) is 5.69 Å². The van der Waals surface area contributed by atoms with Gasteiger partial charge in [0.25, 0.3) is 0 Å². The van der Waals surface area contributed by atoms with Crippen molar-refractivity contribution in [3.8, 4) is 0 Å². The number of carbonyl (C=O) groups excluding carboxylic acids is 1. The Bertz CT molecular complexity index is 593. The van der Waals surface area contributed by atoms with Crippen LogP contribution in [0, 0.1) is 6.92 Å². The van der Waals surface area contributed by atoms with E-state index in [-0.39, 0.29) is 12.3 Å². The zero-order chi connectivity index (χ0) is 15.2. The molecule has 0 aliphatic rings. The van der Waals surface area contributed by atoms with Crippen LogP contribution in [0.2, 0.25) is 0 Å². The summed E-state index contributed by atoms with van der Waals surface area (Å²) in [6.07, 6.45) is 0.143. The van der Waals surface area contributed by atoms with E-state index >= 15 is 0 Å². The summed E-state index contributed by atoms with van der Waals surface area (Å²) < 4.78 is 6.83. The minimum Gasteiger partial charge on any atom is -0.456 e. The van der Waals surface area contributed by atoms with E-state index in [1.807, 2.05) is 30.3 Å². The van der Waals surface area contributed by atoms with Gasteiger partial charge >= 0.3 is 5.97 Å². The first-order chi connectivity index (χ1) is 10.1. The first-order valence-electron chi connectivity index (χ1n) is 6.87. The fourth-order valence-electron chi connectivity index (χ4n) is 1.86. The highest BCUT2D eigenvalue weighted by Gasteiger charge is 2.18. The summed E-state index contributed by atoms with van der Waals surface area (Å²) in [7, 11) is 0. The van der Waals surface area contributed by atoms with E-state index < -0.39 is 12.1 Å². The van der Waals surface area contributed by atoms with Crippen LogP contribution in [0.1, 0.15) is 35.1 Å². The maximum Gasteiger partial charge on any atom is 0.361 e. The van der Waals surface area contributed by atoms with Crippen LogP contribution in [0.3, 0.4) is 0 Å². The van der Waals surface area contributed by atoms with Crippen LogP contribution in [0.5, 0.6) is 0 Å². The van der Waals surface area contributed by atoms with E-state index in [0.717, 1.165) is 5.56 Å². The number of aromatic nitrogens is 3. The zero-order valence-corrected chi connectivity index (χ0v) is 12.2. The molecule has 6 heteroatoms. The molecule has 112 valence electrons. The van der Waals surface area contributed by atoms with Crippen LogP contribution in [0.4, 0.5) is 0 Å². The molecule has 1 unspecified atom stereocenters. The normalized spacial score (nSPS) is 12.1. The largest absolute Gasteiger partial charge is 0.456 e. The van der Waals surface area contributed by atoms with Crippen LogP contribution >= 0.6 is 0 Å². The van der Waals surface area contributed by atoms with E-state index in [1.165, 1.54) is 0 Å². The Balaban J connectivity index is 1.96. The first kappa shape index (κ1) is 15.2. The Hall–Kier alpha value is -2.21. The first-order valence-corrected chi connectivity index (χ1v) is 6.87. The Morgan fingerprint density at radius 3 is 2.76 bits per heavy atom. The third kappa shape index (κ3) is 4.13. The number of hydrogen-bond acceptors (Lipinski definition) is 5. The summed E-state index contributed by atoms with van der Waals surface area (Å²) in [6, 6.07) is 9.46. The summed E-state index contributed by atoms with van der Waals surface area (Å²) >= 11 is 0. The van der Waals surface area contributed by atoms with E-state index in [2.05, 4.69) is 10.3 Å².